The van der Waals surface area contributed by atoms with Crippen molar-refractivity contribution in [3.05, 3.63) is 0 Å². The predicted molar refractivity (Wildman–Crippen MR) is 74.5 cm³/mol. The van der Waals surface area contributed by atoms with E-state index in [1.165, 1.54) is 0 Å². The molecule has 0 unspecified atom stereocenters. The van der Waals surface area contributed by atoms with E-state index in [0.717, 1.165) is 0 Å². The van der Waals surface area contributed by atoms with Gasteiger partial charge in [0.2, 0.25) is 0 Å². The summed E-state index contributed by atoms with van der Waals surface area (Å²) in [6, 6.07) is 0. The summed E-state index contributed by atoms with van der Waals surface area (Å²) in [4.78, 5) is 22.5. The van der Waals surface area contributed by atoms with E-state index in [2.05, 4.69) is 22.5 Å². The molecule has 0 saturated carbocycles. The second kappa shape index (κ2) is 8.41. The summed E-state index contributed by atoms with van der Waals surface area (Å²) in [6.45, 7) is 10.2. The Morgan fingerprint density at radius 1 is 1.16 bits per heavy atom. The number of rotatable bonds is 4. The van der Waals surface area contributed by atoms with Crippen LogP contribution in [0.5, 0.6) is 0 Å². The molecule has 0 spiro atoms. The van der Waals surface area contributed by atoms with Crippen LogP contribution in [0, 0.1) is 17.8 Å². The van der Waals surface area contributed by atoms with E-state index in [1.807, 2.05) is 13.8 Å². The van der Waals surface area contributed by atoms with Crippen molar-refractivity contribution in [2.45, 2.75) is 46.6 Å². The predicted octanol–water partition coefficient (Wildman–Crippen LogP) is 1.68. The third-order valence-corrected chi connectivity index (χ3v) is 1.78. The molecule has 108 valence electrons. The van der Waals surface area contributed by atoms with Crippen LogP contribution in [-0.2, 0) is 9.53 Å². The Labute approximate surface area is 115 Å². The quantitative estimate of drug-likeness (QED) is 0.602. The zero-order valence-corrected chi connectivity index (χ0v) is 12.4. The van der Waals surface area contributed by atoms with Gasteiger partial charge in [0.1, 0.15) is 5.60 Å². The van der Waals surface area contributed by atoms with Gasteiger partial charge in [-0.25, -0.2) is 4.79 Å². The van der Waals surface area contributed by atoms with E-state index in [0.29, 0.717) is 19.5 Å². The van der Waals surface area contributed by atoms with Crippen molar-refractivity contribution in [3.8, 4) is 11.8 Å². The van der Waals surface area contributed by atoms with E-state index in [4.69, 9.17) is 4.74 Å². The van der Waals surface area contributed by atoms with Gasteiger partial charge >= 0.3 is 6.09 Å². The molecule has 0 aliphatic rings. The molecule has 19 heavy (non-hydrogen) atoms. The minimum absolute atomic E-state index is 0.180. The number of ether oxygens (including phenoxy) is 1. The largest absolute Gasteiger partial charge is 0.444 e. The van der Waals surface area contributed by atoms with Crippen LogP contribution in [0.2, 0.25) is 0 Å². The summed E-state index contributed by atoms with van der Waals surface area (Å²) in [5, 5.41) is 5.27. The maximum atomic E-state index is 11.3. The highest BCUT2D eigenvalue weighted by Crippen LogP contribution is 2.06. The highest BCUT2D eigenvalue weighted by molar-refractivity contribution is 5.93. The molecule has 2 N–H and O–H groups in total. The average molecular weight is 268 g/mol. The lowest BCUT2D eigenvalue weighted by Crippen LogP contribution is -2.34. The van der Waals surface area contributed by atoms with E-state index in [1.54, 1.807) is 20.8 Å². The first kappa shape index (κ1) is 17.3. The topological polar surface area (TPSA) is 67.4 Å². The van der Waals surface area contributed by atoms with Crippen molar-refractivity contribution in [3.63, 3.8) is 0 Å². The normalized spacial score (nSPS) is 10.4. The zero-order chi connectivity index (χ0) is 14.9. The number of carbonyl (C=O) groups is 2. The molecule has 0 aromatic carbocycles. The van der Waals surface area contributed by atoms with Gasteiger partial charge in [-0.2, -0.15) is 0 Å². The number of hydrogen-bond donors (Lipinski definition) is 2. The molecule has 5 nitrogen and oxygen atoms in total. The Morgan fingerprint density at radius 3 is 2.26 bits per heavy atom. The van der Waals surface area contributed by atoms with E-state index in [9.17, 15) is 9.59 Å². The van der Waals surface area contributed by atoms with Crippen LogP contribution in [0.3, 0.4) is 0 Å². The fourth-order valence-electron chi connectivity index (χ4n) is 1.05. The van der Waals surface area contributed by atoms with Gasteiger partial charge in [0.05, 0.1) is 0 Å². The molecular weight excluding hydrogens is 244 g/mol. The highest BCUT2D eigenvalue weighted by Gasteiger charge is 2.15. The Kier molecular flexibility index (Phi) is 7.66. The fourth-order valence-corrected chi connectivity index (χ4v) is 1.05. The standard InChI is InChI=1S/C14H24N2O3/c1-11(2)7-8-12(17)15-9-6-10-16-13(18)19-14(3,4)5/h11H,6,9-10H2,1-5H3,(H,15,17)(H,16,18). The molecule has 0 heterocycles. The van der Waals surface area contributed by atoms with Gasteiger partial charge in [0.25, 0.3) is 5.91 Å². The minimum Gasteiger partial charge on any atom is -0.444 e. The van der Waals surface area contributed by atoms with Crippen molar-refractivity contribution in [2.75, 3.05) is 13.1 Å². The number of carbonyl (C=O) groups excluding carboxylic acids is 2. The van der Waals surface area contributed by atoms with Crippen molar-refractivity contribution in [1.29, 1.82) is 0 Å². The number of nitrogens with one attached hydrogen (secondary N) is 2. The summed E-state index contributed by atoms with van der Waals surface area (Å²) in [5.74, 6) is 5.17. The molecule has 2 amide bonds. The van der Waals surface area contributed by atoms with Crippen LogP contribution in [-0.4, -0.2) is 30.7 Å². The molecule has 0 fully saturated rings. The second-order valence-corrected chi connectivity index (χ2v) is 5.46. The summed E-state index contributed by atoms with van der Waals surface area (Å²) in [5.41, 5.74) is -0.495. The third kappa shape index (κ3) is 12.5. The Morgan fingerprint density at radius 2 is 1.74 bits per heavy atom. The first-order chi connectivity index (χ1) is 8.70. The van der Waals surface area contributed by atoms with E-state index in [-0.39, 0.29) is 11.8 Å². The van der Waals surface area contributed by atoms with Crippen LogP contribution >= 0.6 is 0 Å². The smallest absolute Gasteiger partial charge is 0.407 e. The fraction of sp³-hybridized carbons (Fsp3) is 0.714. The van der Waals surface area contributed by atoms with Gasteiger partial charge in [-0.1, -0.05) is 19.8 Å². The second-order valence-electron chi connectivity index (χ2n) is 5.46. The van der Waals surface area contributed by atoms with Crippen molar-refractivity contribution in [2.24, 2.45) is 5.92 Å². The molecule has 0 aliphatic carbocycles. The highest BCUT2D eigenvalue weighted by atomic mass is 16.6. The third-order valence-electron chi connectivity index (χ3n) is 1.78. The summed E-state index contributed by atoms with van der Waals surface area (Å²) in [7, 11) is 0. The Hall–Kier alpha value is -1.70. The van der Waals surface area contributed by atoms with E-state index < -0.39 is 11.7 Å². The maximum absolute atomic E-state index is 11.3. The zero-order valence-electron chi connectivity index (χ0n) is 12.4. The van der Waals surface area contributed by atoms with Crippen molar-refractivity contribution >= 4 is 12.0 Å². The lowest BCUT2D eigenvalue weighted by Gasteiger charge is -2.19. The molecule has 0 bridgehead atoms. The molecule has 5 heteroatoms. The summed E-state index contributed by atoms with van der Waals surface area (Å²) < 4.78 is 5.07. The van der Waals surface area contributed by atoms with Crippen LogP contribution < -0.4 is 10.6 Å². The van der Waals surface area contributed by atoms with Crippen molar-refractivity contribution < 1.29 is 14.3 Å². The van der Waals surface area contributed by atoms with Crippen LogP contribution in [0.4, 0.5) is 4.79 Å². The first-order valence-corrected chi connectivity index (χ1v) is 6.47. The first-order valence-electron chi connectivity index (χ1n) is 6.47. The van der Waals surface area contributed by atoms with Crippen LogP contribution in [0.1, 0.15) is 41.0 Å². The van der Waals surface area contributed by atoms with E-state index >= 15 is 0 Å². The molecule has 0 rings (SSSR count). The van der Waals surface area contributed by atoms with Crippen molar-refractivity contribution in [1.82, 2.24) is 10.6 Å². The Bertz CT molecular complexity index is 359. The van der Waals surface area contributed by atoms with Gasteiger partial charge in [0.15, 0.2) is 0 Å². The molecule has 0 aromatic rings. The molecule has 0 aromatic heterocycles. The monoisotopic (exact) mass is 268 g/mol. The molecule has 0 radical (unpaired) electrons. The van der Waals surface area contributed by atoms with Crippen LogP contribution in [0.15, 0.2) is 0 Å². The van der Waals surface area contributed by atoms with Gasteiger partial charge in [0, 0.05) is 19.0 Å². The number of alkyl carbamates (subject to hydrolysis) is 1. The SMILES string of the molecule is CC(C)C#CC(=O)NCCCNC(=O)OC(C)(C)C. The summed E-state index contributed by atoms with van der Waals surface area (Å²) in [6.07, 6.45) is 0.187. The maximum Gasteiger partial charge on any atom is 0.407 e. The summed E-state index contributed by atoms with van der Waals surface area (Å²) >= 11 is 0. The van der Waals surface area contributed by atoms with Gasteiger partial charge in [-0.3, -0.25) is 4.79 Å². The van der Waals surface area contributed by atoms with Gasteiger partial charge in [-0.15, -0.1) is 0 Å². The number of hydrogen-bond acceptors (Lipinski definition) is 3. The minimum atomic E-state index is -0.495. The Balaban J connectivity index is 3.64. The average Bonchev–Trinajstić information content (AvgIpc) is 2.23. The van der Waals surface area contributed by atoms with Crippen LogP contribution in [0.25, 0.3) is 0 Å². The lowest BCUT2D eigenvalue weighted by atomic mass is 10.2. The number of amides is 2. The van der Waals surface area contributed by atoms with Gasteiger partial charge < -0.3 is 15.4 Å². The molecular formula is C14H24N2O3. The molecule has 0 aliphatic heterocycles. The van der Waals surface area contributed by atoms with Gasteiger partial charge in [-0.05, 0) is 33.1 Å². The lowest BCUT2D eigenvalue weighted by molar-refractivity contribution is -0.115. The molecule has 0 atom stereocenters. The molecule has 0 saturated heterocycles.